The summed E-state index contributed by atoms with van der Waals surface area (Å²) in [5.74, 6) is 1.98. The van der Waals surface area contributed by atoms with Crippen LogP contribution in [0.5, 0.6) is 0 Å². The molecule has 218 valence electrons. The molecule has 8 nitrogen and oxygen atoms in total. The third kappa shape index (κ3) is 9.34. The zero-order valence-electron chi connectivity index (χ0n) is 23.7. The highest BCUT2D eigenvalue weighted by Crippen LogP contribution is 2.40. The molecule has 2 aromatic rings. The van der Waals surface area contributed by atoms with E-state index < -0.39 is 11.7 Å². The largest absolute Gasteiger partial charge is 0.444 e. The third-order valence-corrected chi connectivity index (χ3v) is 10.7. The smallest absolute Gasteiger partial charge is 0.407 e. The van der Waals surface area contributed by atoms with Crippen LogP contribution in [0, 0.1) is 0 Å². The molecule has 0 spiro atoms. The second-order valence-electron chi connectivity index (χ2n) is 11.1. The predicted octanol–water partition coefficient (Wildman–Crippen LogP) is 6.17. The molecule has 1 atom stereocenters. The molecule has 3 N–H and O–H groups in total. The molecule has 0 bridgehead atoms. The van der Waals surface area contributed by atoms with E-state index in [9.17, 15) is 9.59 Å². The van der Waals surface area contributed by atoms with E-state index in [0.29, 0.717) is 31.9 Å². The minimum Gasteiger partial charge on any atom is -0.444 e. The van der Waals surface area contributed by atoms with Gasteiger partial charge in [-0.25, -0.2) is 9.79 Å². The highest BCUT2D eigenvalue weighted by atomic mass is 33.1. The lowest BCUT2D eigenvalue weighted by molar-refractivity contribution is -0.131. The number of ether oxygens (including phenoxy) is 1. The lowest BCUT2D eigenvalue weighted by Gasteiger charge is -2.37. The van der Waals surface area contributed by atoms with Crippen LogP contribution in [0.25, 0.3) is 0 Å². The van der Waals surface area contributed by atoms with Gasteiger partial charge in [0.05, 0.1) is 10.6 Å². The maximum absolute atomic E-state index is 12.9. The number of rotatable bonds is 10. The Labute approximate surface area is 249 Å². The van der Waals surface area contributed by atoms with Crippen molar-refractivity contribution in [3.05, 3.63) is 46.2 Å². The molecular weight excluding hydrogens is 563 g/mol. The van der Waals surface area contributed by atoms with E-state index in [2.05, 4.69) is 15.2 Å². The first-order valence-electron chi connectivity index (χ1n) is 14.0. The number of aliphatic imine (C=N–C) groups is 1. The summed E-state index contributed by atoms with van der Waals surface area (Å²) in [5.41, 5.74) is 8.32. The van der Waals surface area contributed by atoms with E-state index in [1.807, 2.05) is 83.0 Å². The number of piperazine rings is 1. The number of carbonyl (C=O) groups excluding carboxylic acids is 2. The quantitative estimate of drug-likeness (QED) is 0.145. The first kappa shape index (κ1) is 30.6. The van der Waals surface area contributed by atoms with Gasteiger partial charge < -0.3 is 25.6 Å². The number of benzene rings is 1. The van der Waals surface area contributed by atoms with Crippen LogP contribution in [0.4, 0.5) is 16.2 Å². The summed E-state index contributed by atoms with van der Waals surface area (Å²) in [4.78, 5) is 35.1. The number of anilines is 1. The Hall–Kier alpha value is -2.37. The number of nitrogens with zero attached hydrogens (tertiary/aromatic N) is 3. The minimum atomic E-state index is -0.578. The van der Waals surface area contributed by atoms with Gasteiger partial charge in [0, 0.05) is 55.8 Å². The molecule has 3 heterocycles. The van der Waals surface area contributed by atoms with Crippen molar-refractivity contribution in [2.75, 3.05) is 36.8 Å². The molecule has 2 fully saturated rings. The Kier molecular flexibility index (Phi) is 11.1. The van der Waals surface area contributed by atoms with Gasteiger partial charge in [0.25, 0.3) is 0 Å². The van der Waals surface area contributed by atoms with E-state index in [1.165, 1.54) is 18.6 Å². The normalized spacial score (nSPS) is 18.2. The van der Waals surface area contributed by atoms with Crippen molar-refractivity contribution >= 4 is 62.1 Å². The Morgan fingerprint density at radius 2 is 1.95 bits per heavy atom. The fraction of sp³-hybridized carbons (Fsp3) is 0.552. The number of amides is 2. The van der Waals surface area contributed by atoms with Crippen LogP contribution in [0.3, 0.4) is 0 Å². The van der Waals surface area contributed by atoms with Crippen molar-refractivity contribution in [3.8, 4) is 0 Å². The van der Waals surface area contributed by atoms with Crippen LogP contribution in [0.1, 0.15) is 63.3 Å². The van der Waals surface area contributed by atoms with E-state index in [1.54, 1.807) is 11.3 Å². The highest BCUT2D eigenvalue weighted by molar-refractivity contribution is 8.77. The fourth-order valence-corrected chi connectivity index (χ4v) is 8.41. The number of alkyl carbamates (subject to hydrolysis) is 1. The molecule has 2 saturated heterocycles. The summed E-state index contributed by atoms with van der Waals surface area (Å²) >= 11 is 1.54. The van der Waals surface area contributed by atoms with Crippen LogP contribution in [0.15, 0.2) is 40.7 Å². The van der Waals surface area contributed by atoms with E-state index in [-0.39, 0.29) is 5.91 Å². The Morgan fingerprint density at radius 3 is 2.62 bits per heavy atom. The molecule has 1 unspecified atom stereocenters. The van der Waals surface area contributed by atoms with Crippen LogP contribution in [0.2, 0.25) is 0 Å². The number of nitrogens with one attached hydrogen (secondary N) is 1. The van der Waals surface area contributed by atoms with Gasteiger partial charge in [0.2, 0.25) is 5.91 Å². The van der Waals surface area contributed by atoms with Crippen molar-refractivity contribution < 1.29 is 14.3 Å². The summed E-state index contributed by atoms with van der Waals surface area (Å²) in [6, 6.07) is 9.83. The fourth-order valence-electron chi connectivity index (χ4n) is 4.76. The lowest BCUT2D eigenvalue weighted by Crippen LogP contribution is -2.49. The molecule has 40 heavy (non-hydrogen) atoms. The molecule has 0 radical (unpaired) electrons. The Morgan fingerprint density at radius 1 is 1.15 bits per heavy atom. The summed E-state index contributed by atoms with van der Waals surface area (Å²) in [6.45, 7) is 8.68. The van der Waals surface area contributed by atoms with Gasteiger partial charge in [-0.15, -0.1) is 11.3 Å². The van der Waals surface area contributed by atoms with Gasteiger partial charge in [-0.3, -0.25) is 4.79 Å². The van der Waals surface area contributed by atoms with Gasteiger partial charge in [-0.2, -0.15) is 0 Å². The average Bonchev–Trinajstić information content (AvgIpc) is 3.64. The Bertz CT molecular complexity index is 1150. The maximum Gasteiger partial charge on any atom is 0.407 e. The monoisotopic (exact) mass is 603 g/mol. The number of thiophene rings is 1. The molecule has 2 aliphatic heterocycles. The second-order valence-corrected chi connectivity index (χ2v) is 14.8. The van der Waals surface area contributed by atoms with Crippen molar-refractivity contribution in [3.63, 3.8) is 0 Å². The Balaban J connectivity index is 1.37. The van der Waals surface area contributed by atoms with Gasteiger partial charge in [-0.1, -0.05) is 34.1 Å². The van der Waals surface area contributed by atoms with Crippen molar-refractivity contribution in [1.82, 2.24) is 10.2 Å². The molecule has 0 saturated carbocycles. The van der Waals surface area contributed by atoms with Crippen molar-refractivity contribution in [2.45, 2.75) is 70.3 Å². The summed E-state index contributed by atoms with van der Waals surface area (Å²) in [7, 11) is 3.99. The molecular formula is C29H41N5O3S3. The first-order valence-corrected chi connectivity index (χ1v) is 17.2. The van der Waals surface area contributed by atoms with Crippen LogP contribution in [-0.4, -0.2) is 65.5 Å². The molecule has 2 aliphatic rings. The second kappa shape index (κ2) is 14.5. The lowest BCUT2D eigenvalue weighted by atomic mass is 10.1. The van der Waals surface area contributed by atoms with Gasteiger partial charge in [0.15, 0.2) is 0 Å². The van der Waals surface area contributed by atoms with E-state index in [4.69, 9.17) is 10.5 Å². The zero-order chi connectivity index (χ0) is 28.5. The van der Waals surface area contributed by atoms with Gasteiger partial charge in [-0.05, 0) is 75.2 Å². The summed E-state index contributed by atoms with van der Waals surface area (Å²) < 4.78 is 5.44. The number of unbranched alkanes of at least 4 members (excludes halogenated alkanes) is 1. The predicted molar refractivity (Wildman–Crippen MR) is 170 cm³/mol. The molecule has 4 rings (SSSR count). The molecule has 11 heteroatoms. The number of hydrogen-bond donors (Lipinski definition) is 2. The molecule has 0 aliphatic carbocycles. The van der Waals surface area contributed by atoms with Crippen LogP contribution >= 0.6 is 32.9 Å². The average molecular weight is 604 g/mol. The van der Waals surface area contributed by atoms with E-state index >= 15 is 0 Å². The molecule has 1 aromatic heterocycles. The first-order chi connectivity index (χ1) is 19.2. The van der Waals surface area contributed by atoms with Gasteiger partial charge >= 0.3 is 6.09 Å². The standard InChI is InChI=1S/C29H41N5O3S3/c1-29(2,3)37-28(36)31-20-21-19-22(32-27(30)25-8-6-17-38-25)10-11-24(21)33-13-15-34(16-14-33)26(35)9-5-4-7-23-12-18-39-40-23/h6,8,10-11,17,19,23H,4-5,7,9,12-16,18,20H2,1-3H3,(H2,30,32)(H,31,36). The van der Waals surface area contributed by atoms with Crippen molar-refractivity contribution in [1.29, 1.82) is 0 Å². The zero-order valence-corrected chi connectivity index (χ0v) is 26.1. The summed E-state index contributed by atoms with van der Waals surface area (Å²) in [6.07, 6.45) is 4.79. The summed E-state index contributed by atoms with van der Waals surface area (Å²) in [5, 5.41) is 5.62. The number of nitrogens with two attached hydrogens (primary N) is 1. The number of hydrogen-bond acceptors (Lipinski definition) is 8. The SMILES string of the molecule is CC(C)(C)OC(=O)NCc1cc(/N=C(\N)c2cccs2)ccc1N1CCN(C(=O)CCCCC2CCSS2)CC1. The number of carbonyl (C=O) groups is 2. The topological polar surface area (TPSA) is 100 Å². The molecule has 1 aromatic carbocycles. The molecule has 2 amide bonds. The van der Waals surface area contributed by atoms with Crippen molar-refractivity contribution in [2.24, 2.45) is 10.7 Å². The third-order valence-electron chi connectivity index (χ3n) is 6.78. The van der Waals surface area contributed by atoms with Gasteiger partial charge in [0.1, 0.15) is 11.4 Å². The maximum atomic E-state index is 12.9. The highest BCUT2D eigenvalue weighted by Gasteiger charge is 2.24. The number of amidine groups is 1. The van der Waals surface area contributed by atoms with Crippen LogP contribution in [-0.2, 0) is 16.1 Å². The van der Waals surface area contributed by atoms with Crippen LogP contribution < -0.4 is 16.0 Å². The van der Waals surface area contributed by atoms with E-state index in [0.717, 1.165) is 53.0 Å². The minimum absolute atomic E-state index is 0.258.